The summed E-state index contributed by atoms with van der Waals surface area (Å²) in [6.45, 7) is 6.16. The summed E-state index contributed by atoms with van der Waals surface area (Å²) in [6.07, 6.45) is 3.80. The third-order valence-electron chi connectivity index (χ3n) is 4.10. The Hall–Kier alpha value is -2.80. The van der Waals surface area contributed by atoms with E-state index in [1.165, 1.54) is 17.4 Å². The number of hydrogen-bond donors (Lipinski definition) is 1. The fourth-order valence-electron chi connectivity index (χ4n) is 2.85. The van der Waals surface area contributed by atoms with Crippen molar-refractivity contribution in [1.82, 2.24) is 0 Å². The maximum Gasteiger partial charge on any atom is 0.341 e. The maximum absolute atomic E-state index is 12.4. The monoisotopic (exact) mass is 387 g/mol. The van der Waals surface area contributed by atoms with Gasteiger partial charge in [-0.25, -0.2) is 4.79 Å². The average molecular weight is 387 g/mol. The maximum atomic E-state index is 12.4. The van der Waals surface area contributed by atoms with Crippen LogP contribution < -0.4 is 14.8 Å². The number of anilines is 1. The van der Waals surface area contributed by atoms with Gasteiger partial charge in [0.15, 0.2) is 11.5 Å². The lowest BCUT2D eigenvalue weighted by Crippen LogP contribution is -2.13. The fourth-order valence-corrected chi connectivity index (χ4v) is 3.99. The van der Waals surface area contributed by atoms with Gasteiger partial charge in [0.25, 0.3) is 0 Å². The molecular weight excluding hydrogens is 366 g/mol. The molecule has 2 aromatic rings. The Morgan fingerprint density at radius 1 is 1.26 bits per heavy atom. The minimum Gasteiger partial charge on any atom is -0.462 e. The molecule has 1 N–H and O–H groups in total. The molecular formula is C20H21NO5S. The first-order valence-corrected chi connectivity index (χ1v) is 9.53. The number of carbonyl (C=O) groups excluding carboxylic acids is 2. The Kier molecular flexibility index (Phi) is 5.81. The lowest BCUT2D eigenvalue weighted by atomic mass is 10.1. The van der Waals surface area contributed by atoms with Gasteiger partial charge in [-0.05, 0) is 49.6 Å². The van der Waals surface area contributed by atoms with Crippen LogP contribution in [0.5, 0.6) is 11.5 Å². The number of benzene rings is 1. The summed E-state index contributed by atoms with van der Waals surface area (Å²) in [7, 11) is 0. The Balaban J connectivity index is 1.76. The lowest BCUT2D eigenvalue weighted by Gasteiger charge is -2.06. The van der Waals surface area contributed by atoms with Crippen molar-refractivity contribution in [3.8, 4) is 11.5 Å². The Bertz CT molecular complexity index is 900. The molecule has 0 saturated carbocycles. The molecule has 0 bridgehead atoms. The van der Waals surface area contributed by atoms with Crippen LogP contribution >= 0.6 is 11.3 Å². The smallest absolute Gasteiger partial charge is 0.341 e. The molecule has 1 amide bonds. The van der Waals surface area contributed by atoms with Crippen LogP contribution in [0.1, 0.15) is 40.2 Å². The Labute approximate surface area is 161 Å². The second-order valence-corrected chi connectivity index (χ2v) is 7.07. The topological polar surface area (TPSA) is 73.9 Å². The number of esters is 1. The third kappa shape index (κ3) is 4.14. The van der Waals surface area contributed by atoms with Crippen LogP contribution in [0, 0.1) is 6.92 Å². The number of hydrogen-bond acceptors (Lipinski definition) is 6. The van der Waals surface area contributed by atoms with Crippen molar-refractivity contribution in [2.24, 2.45) is 0 Å². The van der Waals surface area contributed by atoms with Gasteiger partial charge in [0, 0.05) is 11.0 Å². The zero-order chi connectivity index (χ0) is 19.4. The lowest BCUT2D eigenvalue weighted by molar-refractivity contribution is -0.111. The molecule has 1 aliphatic rings. The summed E-state index contributed by atoms with van der Waals surface area (Å²) >= 11 is 1.38. The molecule has 27 heavy (non-hydrogen) atoms. The summed E-state index contributed by atoms with van der Waals surface area (Å²) < 4.78 is 15.7. The van der Waals surface area contributed by atoms with Crippen molar-refractivity contribution in [2.75, 3.05) is 18.7 Å². The van der Waals surface area contributed by atoms with Gasteiger partial charge in [0.05, 0.1) is 12.2 Å². The zero-order valence-corrected chi connectivity index (χ0v) is 16.3. The van der Waals surface area contributed by atoms with E-state index in [0.29, 0.717) is 28.5 Å². The highest BCUT2D eigenvalue weighted by atomic mass is 32.1. The van der Waals surface area contributed by atoms with Crippen molar-refractivity contribution >= 4 is 34.3 Å². The van der Waals surface area contributed by atoms with Crippen LogP contribution in [0.3, 0.4) is 0 Å². The molecule has 2 heterocycles. The first-order valence-electron chi connectivity index (χ1n) is 8.71. The Morgan fingerprint density at radius 3 is 2.78 bits per heavy atom. The Morgan fingerprint density at radius 2 is 2.04 bits per heavy atom. The van der Waals surface area contributed by atoms with Crippen LogP contribution in [0.25, 0.3) is 6.08 Å². The minimum absolute atomic E-state index is 0.205. The van der Waals surface area contributed by atoms with E-state index in [1.54, 1.807) is 25.1 Å². The molecule has 0 unspecified atom stereocenters. The van der Waals surface area contributed by atoms with Gasteiger partial charge in [-0.3, -0.25) is 4.79 Å². The molecule has 1 aromatic heterocycles. The predicted octanol–water partition coefficient (Wildman–Crippen LogP) is 4.18. The van der Waals surface area contributed by atoms with Gasteiger partial charge in [-0.15, -0.1) is 11.3 Å². The summed E-state index contributed by atoms with van der Waals surface area (Å²) in [4.78, 5) is 25.7. The van der Waals surface area contributed by atoms with Gasteiger partial charge in [0.2, 0.25) is 12.7 Å². The molecule has 6 nitrogen and oxygen atoms in total. The van der Waals surface area contributed by atoms with Gasteiger partial charge >= 0.3 is 5.97 Å². The van der Waals surface area contributed by atoms with E-state index in [-0.39, 0.29) is 19.3 Å². The van der Waals surface area contributed by atoms with E-state index in [4.69, 9.17) is 14.2 Å². The standard InChI is InChI=1S/C20H21NO5S/c1-4-14-12(3)27-19(18(14)20(23)24-5-2)21-17(22)9-7-13-6-8-15-16(10-13)26-11-25-15/h6-10H,4-5,11H2,1-3H3,(H,21,22)/b9-7-. The molecule has 142 valence electrons. The SMILES string of the molecule is CCOC(=O)c1c(NC(=O)/C=C\c2ccc3c(c2)OCO3)sc(C)c1CC. The zero-order valence-electron chi connectivity index (χ0n) is 15.5. The number of carbonyl (C=O) groups is 2. The number of aryl methyl sites for hydroxylation is 1. The largest absolute Gasteiger partial charge is 0.462 e. The second-order valence-electron chi connectivity index (χ2n) is 5.85. The van der Waals surface area contributed by atoms with Crippen molar-refractivity contribution in [2.45, 2.75) is 27.2 Å². The van der Waals surface area contributed by atoms with E-state index in [9.17, 15) is 9.59 Å². The van der Waals surface area contributed by atoms with Crippen LogP contribution in [-0.2, 0) is 16.0 Å². The molecule has 0 atom stereocenters. The second kappa shape index (κ2) is 8.26. The van der Waals surface area contributed by atoms with E-state index in [0.717, 1.165) is 16.0 Å². The van der Waals surface area contributed by atoms with E-state index < -0.39 is 5.97 Å². The highest BCUT2D eigenvalue weighted by Gasteiger charge is 2.23. The average Bonchev–Trinajstić information content (AvgIpc) is 3.23. The molecule has 0 radical (unpaired) electrons. The van der Waals surface area contributed by atoms with Crippen molar-refractivity contribution in [1.29, 1.82) is 0 Å². The van der Waals surface area contributed by atoms with E-state index in [1.807, 2.05) is 19.9 Å². The van der Waals surface area contributed by atoms with Crippen LogP contribution in [0.4, 0.5) is 5.00 Å². The van der Waals surface area contributed by atoms with Crippen molar-refractivity contribution in [3.05, 3.63) is 45.8 Å². The van der Waals surface area contributed by atoms with Gasteiger partial charge in [-0.1, -0.05) is 13.0 Å². The number of fused-ring (bicyclic) bond motifs is 1. The van der Waals surface area contributed by atoms with Crippen molar-refractivity contribution in [3.63, 3.8) is 0 Å². The predicted molar refractivity (Wildman–Crippen MR) is 105 cm³/mol. The number of ether oxygens (including phenoxy) is 3. The quantitative estimate of drug-likeness (QED) is 0.595. The van der Waals surface area contributed by atoms with Gasteiger partial charge in [-0.2, -0.15) is 0 Å². The summed E-state index contributed by atoms with van der Waals surface area (Å²) in [5.41, 5.74) is 2.18. The molecule has 0 fully saturated rings. The molecule has 3 rings (SSSR count). The summed E-state index contributed by atoms with van der Waals surface area (Å²) in [6, 6.07) is 5.45. The van der Waals surface area contributed by atoms with Gasteiger partial charge in [0.1, 0.15) is 5.00 Å². The first kappa shape index (κ1) is 19.0. The van der Waals surface area contributed by atoms with Crippen LogP contribution in [0.15, 0.2) is 24.3 Å². The molecule has 7 heteroatoms. The molecule has 0 aliphatic carbocycles. The number of thiophene rings is 1. The highest BCUT2D eigenvalue weighted by molar-refractivity contribution is 7.16. The minimum atomic E-state index is -0.409. The molecule has 1 aromatic carbocycles. The number of rotatable bonds is 6. The third-order valence-corrected chi connectivity index (χ3v) is 5.17. The van der Waals surface area contributed by atoms with Gasteiger partial charge < -0.3 is 19.5 Å². The molecule has 0 saturated heterocycles. The number of amides is 1. The van der Waals surface area contributed by atoms with Crippen molar-refractivity contribution < 1.29 is 23.8 Å². The molecule has 0 spiro atoms. The normalized spacial score (nSPS) is 12.4. The molecule has 1 aliphatic heterocycles. The van der Waals surface area contributed by atoms with Crippen LogP contribution in [-0.4, -0.2) is 25.3 Å². The highest BCUT2D eigenvalue weighted by Crippen LogP contribution is 2.34. The van der Waals surface area contributed by atoms with E-state index >= 15 is 0 Å². The van der Waals surface area contributed by atoms with E-state index in [2.05, 4.69) is 5.32 Å². The fraction of sp³-hybridized carbons (Fsp3) is 0.300. The summed E-state index contributed by atoms with van der Waals surface area (Å²) in [5, 5.41) is 3.32. The first-order chi connectivity index (χ1) is 13.0. The summed E-state index contributed by atoms with van der Waals surface area (Å²) in [5.74, 6) is 0.622. The number of nitrogens with one attached hydrogen (secondary N) is 1. The van der Waals surface area contributed by atoms with Crippen LogP contribution in [0.2, 0.25) is 0 Å².